The SMILES string of the molecule is O=[N+]([O-])c1cccc(Nc2ncnc(NC(c3ccccc3)c3ccccc3)c2[N+](=O)[O-])c1. The third-order valence-corrected chi connectivity index (χ3v) is 4.87. The van der Waals surface area contributed by atoms with Gasteiger partial charge in [-0.05, 0) is 17.2 Å². The van der Waals surface area contributed by atoms with Gasteiger partial charge in [-0.15, -0.1) is 0 Å². The third-order valence-electron chi connectivity index (χ3n) is 4.87. The fourth-order valence-electron chi connectivity index (χ4n) is 3.37. The summed E-state index contributed by atoms with van der Waals surface area (Å²) in [5, 5.41) is 29.0. The van der Waals surface area contributed by atoms with Crippen molar-refractivity contribution in [3.8, 4) is 0 Å². The average molecular weight is 442 g/mol. The minimum Gasteiger partial charge on any atom is -0.353 e. The zero-order valence-electron chi connectivity index (χ0n) is 17.2. The van der Waals surface area contributed by atoms with Gasteiger partial charge in [0.15, 0.2) is 0 Å². The maximum atomic E-state index is 12.0. The summed E-state index contributed by atoms with van der Waals surface area (Å²) in [7, 11) is 0. The molecule has 4 rings (SSSR count). The first-order valence-corrected chi connectivity index (χ1v) is 9.90. The first kappa shape index (κ1) is 21.4. The van der Waals surface area contributed by atoms with Gasteiger partial charge in [-0.2, -0.15) is 0 Å². The van der Waals surface area contributed by atoms with Crippen molar-refractivity contribution in [2.45, 2.75) is 6.04 Å². The molecule has 3 aromatic carbocycles. The van der Waals surface area contributed by atoms with E-state index in [9.17, 15) is 20.2 Å². The summed E-state index contributed by atoms with van der Waals surface area (Å²) in [5.74, 6) is -0.0708. The van der Waals surface area contributed by atoms with Crippen LogP contribution in [0, 0.1) is 20.2 Å². The Bertz CT molecular complexity index is 1250. The summed E-state index contributed by atoms with van der Waals surface area (Å²) in [6, 6.07) is 24.2. The van der Waals surface area contributed by atoms with Crippen LogP contribution in [-0.2, 0) is 0 Å². The van der Waals surface area contributed by atoms with Crippen molar-refractivity contribution >= 4 is 28.7 Å². The number of nitro benzene ring substituents is 1. The molecule has 1 aromatic heterocycles. The van der Waals surface area contributed by atoms with Crippen LogP contribution in [0.3, 0.4) is 0 Å². The van der Waals surface area contributed by atoms with Crippen LogP contribution in [0.25, 0.3) is 0 Å². The molecule has 0 bridgehead atoms. The molecular formula is C23H18N6O4. The maximum absolute atomic E-state index is 12.0. The monoisotopic (exact) mass is 442 g/mol. The lowest BCUT2D eigenvalue weighted by atomic mass is 9.99. The van der Waals surface area contributed by atoms with Gasteiger partial charge in [0.2, 0.25) is 11.6 Å². The molecule has 0 saturated carbocycles. The standard InChI is InChI=1S/C23H18N6O4/c30-28(31)19-13-7-12-18(14-19)26-22-21(29(32)33)23(25-15-24-22)27-20(16-8-3-1-4-9-16)17-10-5-2-6-11-17/h1-15,20H,(H2,24,25,26,27). The van der Waals surface area contributed by atoms with Crippen LogP contribution >= 0.6 is 0 Å². The molecule has 0 spiro atoms. The van der Waals surface area contributed by atoms with E-state index in [2.05, 4.69) is 20.6 Å². The molecule has 0 amide bonds. The normalized spacial score (nSPS) is 10.6. The van der Waals surface area contributed by atoms with Crippen LogP contribution in [0.4, 0.5) is 28.7 Å². The summed E-state index contributed by atoms with van der Waals surface area (Å²) in [6.07, 6.45) is 1.20. The highest BCUT2D eigenvalue weighted by Gasteiger charge is 2.26. The molecule has 0 aliphatic carbocycles. The van der Waals surface area contributed by atoms with Crippen molar-refractivity contribution in [2.75, 3.05) is 10.6 Å². The topological polar surface area (TPSA) is 136 Å². The fourth-order valence-corrected chi connectivity index (χ4v) is 3.37. The first-order chi connectivity index (χ1) is 16.0. The second-order valence-electron chi connectivity index (χ2n) is 7.01. The predicted molar refractivity (Wildman–Crippen MR) is 123 cm³/mol. The maximum Gasteiger partial charge on any atom is 0.353 e. The minimum absolute atomic E-state index is 0.0145. The van der Waals surface area contributed by atoms with Crippen molar-refractivity contribution in [1.82, 2.24) is 9.97 Å². The van der Waals surface area contributed by atoms with E-state index in [0.29, 0.717) is 5.69 Å². The minimum atomic E-state index is -0.588. The van der Waals surface area contributed by atoms with Crippen molar-refractivity contribution in [3.63, 3.8) is 0 Å². The van der Waals surface area contributed by atoms with E-state index >= 15 is 0 Å². The average Bonchev–Trinajstić information content (AvgIpc) is 2.83. The molecule has 0 fully saturated rings. The molecule has 0 aliphatic rings. The van der Waals surface area contributed by atoms with Crippen molar-refractivity contribution in [2.24, 2.45) is 0 Å². The Morgan fingerprint density at radius 1 is 0.727 bits per heavy atom. The molecule has 0 unspecified atom stereocenters. The van der Waals surface area contributed by atoms with Gasteiger partial charge in [0.25, 0.3) is 5.69 Å². The van der Waals surface area contributed by atoms with Gasteiger partial charge in [-0.25, -0.2) is 9.97 Å². The van der Waals surface area contributed by atoms with E-state index in [1.54, 1.807) is 6.07 Å². The van der Waals surface area contributed by atoms with Crippen LogP contribution in [0.5, 0.6) is 0 Å². The Labute approximate surface area is 188 Å². The first-order valence-electron chi connectivity index (χ1n) is 9.90. The highest BCUT2D eigenvalue weighted by atomic mass is 16.6. The number of non-ortho nitro benzene ring substituents is 1. The van der Waals surface area contributed by atoms with Gasteiger partial charge in [0.1, 0.15) is 6.33 Å². The lowest BCUT2D eigenvalue weighted by molar-refractivity contribution is -0.384. The van der Waals surface area contributed by atoms with E-state index in [-0.39, 0.29) is 23.0 Å². The Kier molecular flexibility index (Phi) is 6.17. The molecule has 164 valence electrons. The predicted octanol–water partition coefficient (Wildman–Crippen LogP) is 5.24. The van der Waals surface area contributed by atoms with E-state index in [1.807, 2.05) is 60.7 Å². The number of anilines is 3. The lowest BCUT2D eigenvalue weighted by Gasteiger charge is -2.20. The summed E-state index contributed by atoms with van der Waals surface area (Å²) < 4.78 is 0. The van der Waals surface area contributed by atoms with Crippen LogP contribution in [0.2, 0.25) is 0 Å². The molecule has 0 saturated heterocycles. The van der Waals surface area contributed by atoms with Gasteiger partial charge in [-0.3, -0.25) is 20.2 Å². The molecular weight excluding hydrogens is 424 g/mol. The molecule has 2 N–H and O–H groups in total. The zero-order valence-corrected chi connectivity index (χ0v) is 17.2. The summed E-state index contributed by atoms with van der Waals surface area (Å²) in [6.45, 7) is 0. The number of benzene rings is 3. The van der Waals surface area contributed by atoms with Crippen molar-refractivity contribution in [1.29, 1.82) is 0 Å². The molecule has 10 heteroatoms. The van der Waals surface area contributed by atoms with Crippen LogP contribution in [-0.4, -0.2) is 19.8 Å². The van der Waals surface area contributed by atoms with Crippen LogP contribution in [0.1, 0.15) is 17.2 Å². The number of nitro groups is 2. The number of hydrogen-bond acceptors (Lipinski definition) is 8. The Balaban J connectivity index is 1.74. The van der Waals surface area contributed by atoms with Crippen LogP contribution < -0.4 is 10.6 Å². The van der Waals surface area contributed by atoms with Gasteiger partial charge in [-0.1, -0.05) is 66.7 Å². The number of nitrogens with one attached hydrogen (secondary N) is 2. The lowest BCUT2D eigenvalue weighted by Crippen LogP contribution is -2.15. The van der Waals surface area contributed by atoms with Crippen molar-refractivity contribution < 1.29 is 9.85 Å². The molecule has 10 nitrogen and oxygen atoms in total. The smallest absolute Gasteiger partial charge is 0.353 e. The molecule has 0 atom stereocenters. The van der Waals surface area contributed by atoms with E-state index < -0.39 is 15.9 Å². The van der Waals surface area contributed by atoms with E-state index in [1.165, 1.54) is 24.5 Å². The quantitative estimate of drug-likeness (QED) is 0.279. The zero-order chi connectivity index (χ0) is 23.2. The highest BCUT2D eigenvalue weighted by Crippen LogP contribution is 2.35. The summed E-state index contributed by atoms with van der Waals surface area (Å²) in [4.78, 5) is 30.1. The van der Waals surface area contributed by atoms with Gasteiger partial charge >= 0.3 is 5.69 Å². The number of rotatable bonds is 8. The molecule has 0 aliphatic heterocycles. The van der Waals surface area contributed by atoms with E-state index in [4.69, 9.17) is 0 Å². The van der Waals surface area contributed by atoms with Gasteiger partial charge < -0.3 is 10.6 Å². The molecule has 33 heavy (non-hydrogen) atoms. The van der Waals surface area contributed by atoms with Crippen molar-refractivity contribution in [3.05, 3.63) is 123 Å². The molecule has 1 heterocycles. The Morgan fingerprint density at radius 2 is 1.33 bits per heavy atom. The Morgan fingerprint density at radius 3 is 1.91 bits per heavy atom. The van der Waals surface area contributed by atoms with E-state index in [0.717, 1.165) is 11.1 Å². The number of nitrogens with zero attached hydrogens (tertiary/aromatic N) is 4. The second-order valence-corrected chi connectivity index (χ2v) is 7.01. The number of aromatic nitrogens is 2. The summed E-state index contributed by atoms with van der Waals surface area (Å²) in [5.41, 5.74) is 1.55. The third kappa shape index (κ3) is 4.90. The highest BCUT2D eigenvalue weighted by molar-refractivity contribution is 5.74. The van der Waals surface area contributed by atoms with Gasteiger partial charge in [0, 0.05) is 17.8 Å². The second kappa shape index (κ2) is 9.52. The Hall–Kier alpha value is -4.86. The number of hydrogen-bond donors (Lipinski definition) is 2. The largest absolute Gasteiger partial charge is 0.353 e. The van der Waals surface area contributed by atoms with Gasteiger partial charge in [0.05, 0.1) is 15.9 Å². The molecule has 4 aromatic rings. The molecule has 0 radical (unpaired) electrons. The fraction of sp³-hybridized carbons (Fsp3) is 0.0435. The van der Waals surface area contributed by atoms with Crippen LogP contribution in [0.15, 0.2) is 91.3 Å². The summed E-state index contributed by atoms with van der Waals surface area (Å²) >= 11 is 0.